The lowest BCUT2D eigenvalue weighted by Gasteiger charge is -2.16. The molecule has 1 atom stereocenters. The highest BCUT2D eigenvalue weighted by atomic mass is 35.5. The van der Waals surface area contributed by atoms with Gasteiger partial charge in [-0.3, -0.25) is 4.79 Å². The highest BCUT2D eigenvalue weighted by Crippen LogP contribution is 2.08. The Hall–Kier alpha value is -0.320. The molecule has 0 aromatic heterocycles. The highest BCUT2D eigenvalue weighted by Gasteiger charge is 2.22. The van der Waals surface area contributed by atoms with Crippen molar-refractivity contribution in [2.45, 2.75) is 38.8 Å². The van der Waals surface area contributed by atoms with Gasteiger partial charge in [0.15, 0.2) is 0 Å². The summed E-state index contributed by atoms with van der Waals surface area (Å²) in [5.74, 6) is 0.165. The van der Waals surface area contributed by atoms with Crippen molar-refractivity contribution in [2.75, 3.05) is 19.7 Å². The number of likely N-dealkylation sites (tertiary alicyclic amines) is 1. The van der Waals surface area contributed by atoms with Crippen LogP contribution in [0.2, 0.25) is 0 Å². The summed E-state index contributed by atoms with van der Waals surface area (Å²) in [7, 11) is 0. The van der Waals surface area contributed by atoms with Gasteiger partial charge in [-0.2, -0.15) is 0 Å². The van der Waals surface area contributed by atoms with Crippen LogP contribution in [0.3, 0.4) is 0 Å². The third kappa shape index (κ3) is 5.35. The van der Waals surface area contributed by atoms with Crippen LogP contribution in [0.15, 0.2) is 0 Å². The van der Waals surface area contributed by atoms with Gasteiger partial charge in [0.05, 0.1) is 19.1 Å². The van der Waals surface area contributed by atoms with Crippen LogP contribution < -0.4 is 5.73 Å². The van der Waals surface area contributed by atoms with Crippen molar-refractivity contribution in [3.05, 3.63) is 0 Å². The maximum atomic E-state index is 11.6. The lowest BCUT2D eigenvalue weighted by molar-refractivity contribution is -0.131. The summed E-state index contributed by atoms with van der Waals surface area (Å²) < 4.78 is 5.32. The van der Waals surface area contributed by atoms with Gasteiger partial charge < -0.3 is 15.4 Å². The van der Waals surface area contributed by atoms with Gasteiger partial charge in [0.25, 0.3) is 0 Å². The third-order valence-corrected chi connectivity index (χ3v) is 2.34. The first-order valence-corrected chi connectivity index (χ1v) is 5.24. The molecule has 15 heavy (non-hydrogen) atoms. The van der Waals surface area contributed by atoms with Gasteiger partial charge in [-0.1, -0.05) is 0 Å². The molecule has 0 bridgehead atoms. The number of ether oxygens (including phenoxy) is 1. The normalized spacial score (nSPS) is 20.5. The van der Waals surface area contributed by atoms with Crippen LogP contribution in [0.4, 0.5) is 0 Å². The van der Waals surface area contributed by atoms with Gasteiger partial charge in [0, 0.05) is 19.1 Å². The summed E-state index contributed by atoms with van der Waals surface area (Å²) in [6, 6.07) is 0.171. The van der Waals surface area contributed by atoms with Crippen LogP contribution in [0.5, 0.6) is 0 Å². The van der Waals surface area contributed by atoms with Crippen LogP contribution in [0.25, 0.3) is 0 Å². The van der Waals surface area contributed by atoms with Gasteiger partial charge in [-0.25, -0.2) is 0 Å². The van der Waals surface area contributed by atoms with Crippen molar-refractivity contribution < 1.29 is 9.53 Å². The SMILES string of the molecule is CC(C)OCCC(=O)N1CC[C@@H](N)C1.Cl. The van der Waals surface area contributed by atoms with E-state index in [2.05, 4.69) is 0 Å². The second-order valence-electron chi connectivity index (χ2n) is 4.06. The third-order valence-electron chi connectivity index (χ3n) is 2.34. The summed E-state index contributed by atoms with van der Waals surface area (Å²) in [6.07, 6.45) is 1.60. The number of carbonyl (C=O) groups excluding carboxylic acids is 1. The fraction of sp³-hybridized carbons (Fsp3) is 0.900. The Morgan fingerprint density at radius 1 is 1.60 bits per heavy atom. The quantitative estimate of drug-likeness (QED) is 0.785. The summed E-state index contributed by atoms with van der Waals surface area (Å²) in [6.45, 7) is 5.97. The zero-order valence-electron chi connectivity index (χ0n) is 9.44. The van der Waals surface area contributed by atoms with Crippen LogP contribution in [0, 0.1) is 0 Å². The molecule has 0 radical (unpaired) electrons. The molecule has 1 aliphatic rings. The minimum atomic E-state index is 0. The molecule has 0 aromatic rings. The first-order valence-electron chi connectivity index (χ1n) is 5.24. The fourth-order valence-corrected chi connectivity index (χ4v) is 1.55. The van der Waals surface area contributed by atoms with E-state index < -0.39 is 0 Å². The van der Waals surface area contributed by atoms with E-state index in [-0.39, 0.29) is 30.5 Å². The molecule has 0 unspecified atom stereocenters. The number of carbonyl (C=O) groups is 1. The van der Waals surface area contributed by atoms with E-state index in [1.165, 1.54) is 0 Å². The molecule has 1 aliphatic heterocycles. The predicted molar refractivity (Wildman–Crippen MR) is 62.1 cm³/mol. The first-order chi connectivity index (χ1) is 6.59. The number of nitrogens with two attached hydrogens (primary N) is 1. The Kier molecular flexibility index (Phi) is 6.89. The first kappa shape index (κ1) is 14.7. The molecule has 0 saturated carbocycles. The zero-order valence-corrected chi connectivity index (χ0v) is 10.3. The summed E-state index contributed by atoms with van der Waals surface area (Å²) in [4.78, 5) is 13.4. The molecule has 1 saturated heterocycles. The zero-order chi connectivity index (χ0) is 10.6. The highest BCUT2D eigenvalue weighted by molar-refractivity contribution is 5.85. The lowest BCUT2D eigenvalue weighted by Crippen LogP contribution is -2.32. The van der Waals surface area contributed by atoms with Crippen molar-refractivity contribution in [1.29, 1.82) is 0 Å². The van der Waals surface area contributed by atoms with Crippen LogP contribution in [-0.2, 0) is 9.53 Å². The van der Waals surface area contributed by atoms with E-state index >= 15 is 0 Å². The van der Waals surface area contributed by atoms with Crippen LogP contribution >= 0.6 is 12.4 Å². The van der Waals surface area contributed by atoms with E-state index in [0.717, 1.165) is 13.0 Å². The lowest BCUT2D eigenvalue weighted by atomic mass is 10.3. The summed E-state index contributed by atoms with van der Waals surface area (Å²) in [5.41, 5.74) is 5.71. The van der Waals surface area contributed by atoms with Gasteiger partial charge in [0.2, 0.25) is 5.91 Å². The number of amides is 1. The van der Waals surface area contributed by atoms with E-state index in [9.17, 15) is 4.79 Å². The van der Waals surface area contributed by atoms with Gasteiger partial charge in [-0.15, -0.1) is 12.4 Å². The summed E-state index contributed by atoms with van der Waals surface area (Å²) >= 11 is 0. The molecule has 0 spiro atoms. The smallest absolute Gasteiger partial charge is 0.224 e. The molecule has 5 heteroatoms. The molecule has 0 aliphatic carbocycles. The number of nitrogens with zero attached hydrogens (tertiary/aromatic N) is 1. The van der Waals surface area contributed by atoms with E-state index in [1.54, 1.807) is 0 Å². The number of hydrogen-bond acceptors (Lipinski definition) is 3. The van der Waals surface area contributed by atoms with Crippen molar-refractivity contribution in [3.63, 3.8) is 0 Å². The molecule has 4 nitrogen and oxygen atoms in total. The van der Waals surface area contributed by atoms with Crippen molar-refractivity contribution in [2.24, 2.45) is 5.73 Å². The minimum Gasteiger partial charge on any atom is -0.378 e. The summed E-state index contributed by atoms with van der Waals surface area (Å²) in [5, 5.41) is 0. The average Bonchev–Trinajstić information content (AvgIpc) is 2.51. The number of hydrogen-bond donors (Lipinski definition) is 1. The molecule has 1 amide bonds. The monoisotopic (exact) mass is 236 g/mol. The predicted octanol–water partition coefficient (Wildman–Crippen LogP) is 0.783. The Morgan fingerprint density at radius 3 is 2.73 bits per heavy atom. The van der Waals surface area contributed by atoms with Gasteiger partial charge in [0.1, 0.15) is 0 Å². The van der Waals surface area contributed by atoms with E-state index in [4.69, 9.17) is 10.5 Å². The number of halogens is 1. The Bertz CT molecular complexity index is 200. The molecular weight excluding hydrogens is 216 g/mol. The maximum Gasteiger partial charge on any atom is 0.224 e. The van der Waals surface area contributed by atoms with Crippen molar-refractivity contribution in [1.82, 2.24) is 4.90 Å². The second kappa shape index (κ2) is 7.04. The van der Waals surface area contributed by atoms with Gasteiger partial charge in [-0.05, 0) is 20.3 Å². The topological polar surface area (TPSA) is 55.6 Å². The molecule has 2 N–H and O–H groups in total. The molecule has 1 rings (SSSR count). The van der Waals surface area contributed by atoms with E-state index in [1.807, 2.05) is 18.7 Å². The minimum absolute atomic E-state index is 0. The second-order valence-corrected chi connectivity index (χ2v) is 4.06. The molecule has 1 heterocycles. The molecule has 0 aromatic carbocycles. The van der Waals surface area contributed by atoms with Crippen LogP contribution in [-0.4, -0.2) is 42.6 Å². The Labute approximate surface area is 97.5 Å². The molecular formula is C10H21ClN2O2. The number of rotatable bonds is 4. The molecule has 1 fully saturated rings. The van der Waals surface area contributed by atoms with Crippen molar-refractivity contribution >= 4 is 18.3 Å². The van der Waals surface area contributed by atoms with Gasteiger partial charge >= 0.3 is 0 Å². The Balaban J connectivity index is 0.00000196. The van der Waals surface area contributed by atoms with Crippen molar-refractivity contribution in [3.8, 4) is 0 Å². The van der Waals surface area contributed by atoms with E-state index in [0.29, 0.717) is 19.6 Å². The van der Waals surface area contributed by atoms with Crippen LogP contribution in [0.1, 0.15) is 26.7 Å². The maximum absolute atomic E-state index is 11.6. The fourth-order valence-electron chi connectivity index (χ4n) is 1.55. The largest absolute Gasteiger partial charge is 0.378 e. The standard InChI is InChI=1S/C10H20N2O2.ClH/c1-8(2)14-6-4-10(13)12-5-3-9(11)7-12;/h8-9H,3-7,11H2,1-2H3;1H/t9-;/m1./s1. The molecule has 90 valence electrons. The Morgan fingerprint density at radius 2 is 2.27 bits per heavy atom. The average molecular weight is 237 g/mol.